The molecule has 1 saturated carbocycles. The van der Waals surface area contributed by atoms with Gasteiger partial charge < -0.3 is 4.52 Å². The minimum Gasteiger partial charge on any atom is -0.339 e. The van der Waals surface area contributed by atoms with Gasteiger partial charge in [-0.2, -0.15) is 4.98 Å². The summed E-state index contributed by atoms with van der Waals surface area (Å²) in [4.78, 5) is 6.04. The first-order chi connectivity index (χ1) is 10.9. The Hall–Kier alpha value is -2.02. The molecule has 6 nitrogen and oxygen atoms in total. The van der Waals surface area contributed by atoms with Crippen LogP contribution in [0.25, 0.3) is 0 Å². The molecule has 3 aromatic heterocycles. The highest BCUT2D eigenvalue weighted by Crippen LogP contribution is 2.46. The Morgan fingerprint density at radius 2 is 2.23 bits per heavy atom. The molecule has 7 heteroatoms. The van der Waals surface area contributed by atoms with E-state index in [1.807, 2.05) is 6.20 Å². The van der Waals surface area contributed by atoms with Crippen molar-refractivity contribution in [3.05, 3.63) is 46.5 Å². The minimum absolute atomic E-state index is 0.0385. The number of aryl methyl sites for hydroxylation is 2. The van der Waals surface area contributed by atoms with Crippen LogP contribution < -0.4 is 0 Å². The van der Waals surface area contributed by atoms with Crippen molar-refractivity contribution in [2.75, 3.05) is 0 Å². The second-order valence-electron chi connectivity index (χ2n) is 5.69. The van der Waals surface area contributed by atoms with Gasteiger partial charge in [0.1, 0.15) is 0 Å². The van der Waals surface area contributed by atoms with Crippen molar-refractivity contribution in [2.45, 2.75) is 44.1 Å². The predicted octanol–water partition coefficient (Wildman–Crippen LogP) is 2.83. The van der Waals surface area contributed by atoms with Crippen LogP contribution in [-0.4, -0.2) is 25.1 Å². The Morgan fingerprint density at radius 3 is 2.95 bits per heavy atom. The Bertz CT molecular complexity index is 713. The largest absolute Gasteiger partial charge is 0.339 e. The van der Waals surface area contributed by atoms with Crippen molar-refractivity contribution in [3.8, 4) is 0 Å². The molecular weight excluding hydrogens is 298 g/mol. The topological polar surface area (TPSA) is 69.6 Å². The highest BCUT2D eigenvalue weighted by Gasteiger charge is 2.42. The average Bonchev–Trinajstić information content (AvgIpc) is 3.34. The van der Waals surface area contributed by atoms with Crippen LogP contribution in [-0.2, 0) is 18.4 Å². The lowest BCUT2D eigenvalue weighted by atomic mass is 9.83. The molecule has 114 valence electrons. The van der Waals surface area contributed by atoms with Crippen LogP contribution in [0.5, 0.6) is 0 Å². The third-order valence-corrected chi connectivity index (χ3v) is 5.45. The first-order valence-corrected chi connectivity index (χ1v) is 8.46. The van der Waals surface area contributed by atoms with Crippen molar-refractivity contribution in [3.63, 3.8) is 0 Å². The van der Waals surface area contributed by atoms with Gasteiger partial charge in [-0.25, -0.2) is 0 Å². The highest BCUT2D eigenvalue weighted by molar-refractivity contribution is 7.10. The maximum Gasteiger partial charge on any atom is 0.228 e. The summed E-state index contributed by atoms with van der Waals surface area (Å²) in [5.41, 5.74) is -0.0385. The molecule has 1 fully saturated rings. The Kier molecular flexibility index (Phi) is 3.49. The second-order valence-corrected chi connectivity index (χ2v) is 6.64. The van der Waals surface area contributed by atoms with Crippen molar-refractivity contribution in [1.82, 2.24) is 25.1 Å². The van der Waals surface area contributed by atoms with Crippen molar-refractivity contribution < 1.29 is 4.52 Å². The van der Waals surface area contributed by atoms with E-state index < -0.39 is 0 Å². The monoisotopic (exact) mass is 315 g/mol. The lowest BCUT2D eigenvalue weighted by Crippen LogP contribution is -2.24. The van der Waals surface area contributed by atoms with Crippen LogP contribution >= 0.6 is 11.3 Å². The van der Waals surface area contributed by atoms with Crippen molar-refractivity contribution in [2.24, 2.45) is 0 Å². The maximum absolute atomic E-state index is 5.48. The standard InChI is InChI=1S/C15H17N5OS/c1-2-7-15(6-1,12-4-3-11-22-12)14-17-13(21-18-14)5-9-20-10-8-16-19-20/h3-4,8,10-11H,1-2,5-7,9H2. The summed E-state index contributed by atoms with van der Waals surface area (Å²) in [6.07, 6.45) is 8.84. The number of nitrogens with zero attached hydrogens (tertiary/aromatic N) is 5. The lowest BCUT2D eigenvalue weighted by molar-refractivity contribution is 0.353. The summed E-state index contributed by atoms with van der Waals surface area (Å²) >= 11 is 1.79. The first-order valence-electron chi connectivity index (χ1n) is 7.58. The third kappa shape index (κ3) is 2.35. The number of rotatable bonds is 5. The zero-order chi connectivity index (χ0) is 14.8. The van der Waals surface area contributed by atoms with Gasteiger partial charge in [-0.15, -0.1) is 16.4 Å². The van der Waals surface area contributed by atoms with Crippen LogP contribution in [0.4, 0.5) is 0 Å². The zero-order valence-electron chi connectivity index (χ0n) is 12.2. The number of aromatic nitrogens is 5. The second kappa shape index (κ2) is 5.64. The van der Waals surface area contributed by atoms with Gasteiger partial charge >= 0.3 is 0 Å². The summed E-state index contributed by atoms with van der Waals surface area (Å²) in [5, 5.41) is 14.2. The minimum atomic E-state index is -0.0385. The van der Waals surface area contributed by atoms with Gasteiger partial charge in [-0.3, -0.25) is 4.68 Å². The Balaban J connectivity index is 1.57. The summed E-state index contributed by atoms with van der Waals surface area (Å²) in [6, 6.07) is 4.30. The van der Waals surface area contributed by atoms with Gasteiger partial charge in [0.05, 0.1) is 18.2 Å². The van der Waals surface area contributed by atoms with Gasteiger partial charge in [0, 0.05) is 17.5 Å². The van der Waals surface area contributed by atoms with Crippen LogP contribution in [0, 0.1) is 0 Å². The molecule has 0 spiro atoms. The molecule has 0 amide bonds. The molecule has 0 N–H and O–H groups in total. The molecule has 0 bridgehead atoms. The zero-order valence-corrected chi connectivity index (χ0v) is 13.0. The summed E-state index contributed by atoms with van der Waals surface area (Å²) < 4.78 is 7.25. The summed E-state index contributed by atoms with van der Waals surface area (Å²) in [7, 11) is 0. The smallest absolute Gasteiger partial charge is 0.228 e. The van der Waals surface area contributed by atoms with Gasteiger partial charge in [0.15, 0.2) is 5.82 Å². The molecule has 1 aliphatic carbocycles. The molecule has 0 aliphatic heterocycles. The predicted molar refractivity (Wildman–Crippen MR) is 81.6 cm³/mol. The van der Waals surface area contributed by atoms with Gasteiger partial charge in [-0.05, 0) is 24.3 Å². The van der Waals surface area contributed by atoms with Gasteiger partial charge in [0.25, 0.3) is 0 Å². The Morgan fingerprint density at radius 1 is 1.32 bits per heavy atom. The molecular formula is C15H17N5OS. The van der Waals surface area contributed by atoms with E-state index >= 15 is 0 Å². The van der Waals surface area contributed by atoms with E-state index in [-0.39, 0.29) is 5.41 Å². The van der Waals surface area contributed by atoms with E-state index in [0.717, 1.165) is 18.7 Å². The summed E-state index contributed by atoms with van der Waals surface area (Å²) in [5.74, 6) is 1.52. The van der Waals surface area contributed by atoms with Gasteiger partial charge in [-0.1, -0.05) is 29.3 Å². The van der Waals surface area contributed by atoms with Crippen molar-refractivity contribution >= 4 is 11.3 Å². The molecule has 3 aromatic rings. The first kappa shape index (κ1) is 13.6. The molecule has 0 unspecified atom stereocenters. The molecule has 4 rings (SSSR count). The highest BCUT2D eigenvalue weighted by atomic mass is 32.1. The molecule has 3 heterocycles. The Labute approximate surface area is 132 Å². The molecule has 0 saturated heterocycles. The van der Waals surface area contributed by atoms with Crippen LogP contribution in [0.15, 0.2) is 34.4 Å². The van der Waals surface area contributed by atoms with Crippen LogP contribution in [0.2, 0.25) is 0 Å². The summed E-state index contributed by atoms with van der Waals surface area (Å²) in [6.45, 7) is 0.702. The third-order valence-electron chi connectivity index (χ3n) is 4.37. The van der Waals surface area contributed by atoms with E-state index in [1.54, 1.807) is 22.2 Å². The van der Waals surface area contributed by atoms with Crippen LogP contribution in [0.3, 0.4) is 0 Å². The molecule has 22 heavy (non-hydrogen) atoms. The fourth-order valence-electron chi connectivity index (χ4n) is 3.22. The number of thiophene rings is 1. The fraction of sp³-hybridized carbons (Fsp3) is 0.467. The quantitative estimate of drug-likeness (QED) is 0.724. The number of hydrogen-bond donors (Lipinski definition) is 0. The van der Waals surface area contributed by atoms with Crippen LogP contribution in [0.1, 0.15) is 42.3 Å². The molecule has 0 atom stereocenters. The normalized spacial score (nSPS) is 17.1. The fourth-order valence-corrected chi connectivity index (χ4v) is 4.20. The van der Waals surface area contributed by atoms with E-state index in [4.69, 9.17) is 4.52 Å². The molecule has 0 radical (unpaired) electrons. The molecule has 1 aliphatic rings. The maximum atomic E-state index is 5.48. The van der Waals surface area contributed by atoms with E-state index in [9.17, 15) is 0 Å². The SMILES string of the molecule is c1csc(C2(c3noc(CCn4ccnn4)n3)CCCC2)c1. The molecule has 0 aromatic carbocycles. The number of hydrogen-bond acceptors (Lipinski definition) is 6. The van der Waals surface area contributed by atoms with E-state index in [1.165, 1.54) is 17.7 Å². The average molecular weight is 315 g/mol. The van der Waals surface area contributed by atoms with Gasteiger partial charge in [0.2, 0.25) is 5.89 Å². The van der Waals surface area contributed by atoms with Crippen molar-refractivity contribution in [1.29, 1.82) is 0 Å². The van der Waals surface area contributed by atoms with E-state index in [0.29, 0.717) is 18.9 Å². The van der Waals surface area contributed by atoms with E-state index in [2.05, 4.69) is 38.0 Å². The lowest BCUT2D eigenvalue weighted by Gasteiger charge is -2.23.